The summed E-state index contributed by atoms with van der Waals surface area (Å²) in [7, 11) is -5.88. The van der Waals surface area contributed by atoms with E-state index in [2.05, 4.69) is 9.84 Å². The van der Waals surface area contributed by atoms with Gasteiger partial charge in [-0.2, -0.15) is 5.10 Å². The molecule has 1 aromatic heterocycles. The smallest absolute Gasteiger partial charge is 0.322 e. The van der Waals surface area contributed by atoms with Crippen molar-refractivity contribution in [1.82, 2.24) is 9.78 Å². The van der Waals surface area contributed by atoms with Crippen LogP contribution in [0.5, 0.6) is 0 Å². The molecule has 0 amide bonds. The van der Waals surface area contributed by atoms with Crippen molar-refractivity contribution in [3.8, 4) is 0 Å². The summed E-state index contributed by atoms with van der Waals surface area (Å²) in [5.74, 6) is -2.45. The summed E-state index contributed by atoms with van der Waals surface area (Å²) in [6.45, 7) is 0. The second-order valence-electron chi connectivity index (χ2n) is 3.50. The number of ether oxygens (including phenoxy) is 1. The number of hydrogen-bond donors (Lipinski definition) is 2. The number of carbonyl (C=O) groups excluding carboxylic acids is 1. The monoisotopic (exact) mass is 312 g/mol. The van der Waals surface area contributed by atoms with Gasteiger partial charge in [-0.05, 0) is 0 Å². The lowest BCUT2D eigenvalue weighted by atomic mass is 10.7. The van der Waals surface area contributed by atoms with Crippen LogP contribution in [0, 0.1) is 0 Å². The van der Waals surface area contributed by atoms with Crippen LogP contribution in [0.15, 0.2) is 11.1 Å². The van der Waals surface area contributed by atoms with Gasteiger partial charge in [0, 0.05) is 13.2 Å². The van der Waals surface area contributed by atoms with Crippen molar-refractivity contribution in [1.29, 1.82) is 0 Å². The number of nitrogens with one attached hydrogen (secondary N) is 1. The first-order valence-electron chi connectivity index (χ1n) is 4.69. The third-order valence-corrected chi connectivity index (χ3v) is 3.92. The van der Waals surface area contributed by atoms with Gasteiger partial charge in [-0.3, -0.25) is 14.2 Å². The highest BCUT2D eigenvalue weighted by Crippen LogP contribution is 2.18. The Balaban J connectivity index is 3.10. The number of nitrogens with two attached hydrogens (primary N) is 1. The minimum absolute atomic E-state index is 0.478. The normalized spacial score (nSPS) is 12.2. The molecule has 1 rings (SSSR count). The van der Waals surface area contributed by atoms with E-state index in [-0.39, 0.29) is 0 Å². The molecule has 12 heteroatoms. The van der Waals surface area contributed by atoms with E-state index in [1.165, 1.54) is 7.05 Å². The molecule has 0 aliphatic carbocycles. The van der Waals surface area contributed by atoms with Crippen LogP contribution in [0.2, 0.25) is 0 Å². The summed E-state index contributed by atoms with van der Waals surface area (Å²) in [4.78, 5) is 10.4. The molecule has 0 aliphatic heterocycles. The zero-order valence-electron chi connectivity index (χ0n) is 10.0. The molecule has 1 aromatic rings. The minimum atomic E-state index is -4.15. The SMILES string of the molecule is COC(=O)CS(=O)(=O)Nc1nn(C)cc1S(N)(=O)=O. The Bertz CT molecular complexity index is 689. The quantitative estimate of drug-likeness (QED) is 0.596. The first-order chi connectivity index (χ1) is 8.55. The lowest BCUT2D eigenvalue weighted by Gasteiger charge is -2.05. The molecule has 0 saturated carbocycles. The van der Waals surface area contributed by atoms with Gasteiger partial charge in [0.2, 0.25) is 20.0 Å². The summed E-state index contributed by atoms with van der Waals surface area (Å²) in [5, 5.41) is 8.52. The molecule has 3 N–H and O–H groups in total. The average molecular weight is 312 g/mol. The minimum Gasteiger partial charge on any atom is -0.468 e. The molecule has 0 atom stereocenters. The summed E-state index contributed by atoms with van der Waals surface area (Å²) in [5.41, 5.74) is 0. The Morgan fingerprint density at radius 3 is 2.53 bits per heavy atom. The van der Waals surface area contributed by atoms with Crippen LogP contribution in [0.25, 0.3) is 0 Å². The number of rotatable bonds is 5. The average Bonchev–Trinajstić information content (AvgIpc) is 2.57. The van der Waals surface area contributed by atoms with Crippen molar-refractivity contribution < 1.29 is 26.4 Å². The predicted octanol–water partition coefficient (Wildman–Crippen LogP) is -2.02. The predicted molar refractivity (Wildman–Crippen MR) is 64.0 cm³/mol. The molecule has 108 valence electrons. The third kappa shape index (κ3) is 4.18. The number of sulfonamides is 2. The Morgan fingerprint density at radius 1 is 1.47 bits per heavy atom. The molecule has 0 radical (unpaired) electrons. The van der Waals surface area contributed by atoms with Crippen LogP contribution in [0.3, 0.4) is 0 Å². The lowest BCUT2D eigenvalue weighted by Crippen LogP contribution is -2.25. The molecule has 19 heavy (non-hydrogen) atoms. The van der Waals surface area contributed by atoms with Crippen LogP contribution < -0.4 is 9.86 Å². The summed E-state index contributed by atoms with van der Waals surface area (Å²) in [6.07, 6.45) is 1.03. The molecule has 0 saturated heterocycles. The fourth-order valence-corrected chi connectivity index (χ4v) is 2.81. The van der Waals surface area contributed by atoms with Crippen molar-refractivity contribution in [2.75, 3.05) is 17.6 Å². The van der Waals surface area contributed by atoms with Crippen LogP contribution in [0.4, 0.5) is 5.82 Å². The van der Waals surface area contributed by atoms with E-state index in [4.69, 9.17) is 5.14 Å². The number of nitrogens with zero attached hydrogens (tertiary/aromatic N) is 2. The van der Waals surface area contributed by atoms with E-state index in [9.17, 15) is 21.6 Å². The van der Waals surface area contributed by atoms with Crippen LogP contribution in [-0.2, 0) is 36.6 Å². The van der Waals surface area contributed by atoms with Crippen molar-refractivity contribution in [2.24, 2.45) is 12.2 Å². The van der Waals surface area contributed by atoms with Gasteiger partial charge >= 0.3 is 5.97 Å². The van der Waals surface area contributed by atoms with Gasteiger partial charge in [-0.1, -0.05) is 0 Å². The number of anilines is 1. The molecular weight excluding hydrogens is 300 g/mol. The highest BCUT2D eigenvalue weighted by Gasteiger charge is 2.24. The van der Waals surface area contributed by atoms with Gasteiger partial charge in [-0.15, -0.1) is 0 Å². The summed E-state index contributed by atoms with van der Waals surface area (Å²) >= 11 is 0. The maximum absolute atomic E-state index is 11.6. The van der Waals surface area contributed by atoms with Gasteiger partial charge in [0.15, 0.2) is 11.6 Å². The molecular formula is C7H12N4O6S2. The van der Waals surface area contributed by atoms with Gasteiger partial charge in [-0.25, -0.2) is 22.0 Å². The lowest BCUT2D eigenvalue weighted by molar-refractivity contribution is -0.137. The zero-order chi connectivity index (χ0) is 14.8. The molecule has 10 nitrogen and oxygen atoms in total. The fourth-order valence-electron chi connectivity index (χ4n) is 1.14. The van der Waals surface area contributed by atoms with Crippen molar-refractivity contribution in [3.63, 3.8) is 0 Å². The number of aryl methyl sites for hydroxylation is 1. The number of carbonyl (C=O) groups is 1. The molecule has 0 spiro atoms. The molecule has 0 unspecified atom stereocenters. The van der Waals surface area contributed by atoms with E-state index >= 15 is 0 Å². The molecule has 0 aromatic carbocycles. The number of hydrogen-bond acceptors (Lipinski definition) is 7. The van der Waals surface area contributed by atoms with Gasteiger partial charge < -0.3 is 4.74 Å². The number of primary sulfonamides is 1. The first kappa shape index (κ1) is 15.4. The fraction of sp³-hybridized carbons (Fsp3) is 0.429. The van der Waals surface area contributed by atoms with E-state index in [1.54, 1.807) is 0 Å². The Labute approximate surface area is 109 Å². The third-order valence-electron chi connectivity index (χ3n) is 1.89. The van der Waals surface area contributed by atoms with Gasteiger partial charge in [0.1, 0.15) is 4.90 Å². The standard InChI is InChI=1S/C7H12N4O6S2/c1-11-3-5(19(8,15)16)7(9-11)10-18(13,14)4-6(12)17-2/h3H,4H2,1-2H3,(H,9,10)(H2,8,15,16). The largest absolute Gasteiger partial charge is 0.468 e. The zero-order valence-corrected chi connectivity index (χ0v) is 11.7. The molecule has 1 heterocycles. The molecule has 0 bridgehead atoms. The van der Waals surface area contributed by atoms with E-state index in [0.29, 0.717) is 0 Å². The number of aromatic nitrogens is 2. The Hall–Kier alpha value is -1.66. The van der Waals surface area contributed by atoms with E-state index in [1.807, 2.05) is 4.72 Å². The van der Waals surface area contributed by atoms with Crippen molar-refractivity contribution in [3.05, 3.63) is 6.20 Å². The molecule has 0 fully saturated rings. The maximum Gasteiger partial charge on any atom is 0.322 e. The maximum atomic E-state index is 11.6. The highest BCUT2D eigenvalue weighted by atomic mass is 32.2. The summed E-state index contributed by atoms with van der Waals surface area (Å²) in [6, 6.07) is 0. The van der Waals surface area contributed by atoms with Crippen molar-refractivity contribution in [2.45, 2.75) is 4.90 Å². The topological polar surface area (TPSA) is 150 Å². The first-order valence-corrected chi connectivity index (χ1v) is 7.89. The number of esters is 1. The van der Waals surface area contributed by atoms with Crippen LogP contribution >= 0.6 is 0 Å². The second-order valence-corrected chi connectivity index (χ2v) is 6.75. The van der Waals surface area contributed by atoms with Crippen molar-refractivity contribution >= 4 is 31.8 Å². The number of methoxy groups -OCH3 is 1. The highest BCUT2D eigenvalue weighted by molar-refractivity contribution is 7.93. The Kier molecular flexibility index (Phi) is 4.17. The van der Waals surface area contributed by atoms with Gasteiger partial charge in [0.05, 0.1) is 7.11 Å². The molecule has 0 aliphatic rings. The summed E-state index contributed by atoms with van der Waals surface area (Å²) < 4.78 is 52.7. The van der Waals surface area contributed by atoms with E-state index in [0.717, 1.165) is 18.0 Å². The second kappa shape index (κ2) is 5.14. The Morgan fingerprint density at radius 2 is 2.05 bits per heavy atom. The van der Waals surface area contributed by atoms with Gasteiger partial charge in [0.25, 0.3) is 0 Å². The van der Waals surface area contributed by atoms with E-state index < -0.39 is 42.5 Å². The van der Waals surface area contributed by atoms with Crippen LogP contribution in [-0.4, -0.2) is 45.4 Å². The van der Waals surface area contributed by atoms with Crippen LogP contribution in [0.1, 0.15) is 0 Å².